The van der Waals surface area contributed by atoms with Crippen molar-refractivity contribution in [3.05, 3.63) is 22.4 Å². The van der Waals surface area contributed by atoms with Gasteiger partial charge >= 0.3 is 0 Å². The molecule has 1 atom stereocenters. The number of thiophene rings is 1. The molecule has 1 aromatic rings. The minimum atomic E-state index is 0. The molecule has 0 bridgehead atoms. The van der Waals surface area contributed by atoms with Crippen LogP contribution in [0.25, 0.3) is 0 Å². The highest BCUT2D eigenvalue weighted by Crippen LogP contribution is 2.25. The van der Waals surface area contributed by atoms with Crippen LogP contribution in [-0.4, -0.2) is 0 Å². The highest BCUT2D eigenvalue weighted by molar-refractivity contribution is 7.29. The van der Waals surface area contributed by atoms with Gasteiger partial charge < -0.3 is 17.0 Å². The largest absolute Gasteiger partial charge is 1.00 e. The summed E-state index contributed by atoms with van der Waals surface area (Å²) in [7, 11) is 0.508. The van der Waals surface area contributed by atoms with Crippen molar-refractivity contribution in [2.75, 3.05) is 0 Å². The van der Waals surface area contributed by atoms with Crippen LogP contribution in [0.1, 0.15) is 18.2 Å². The molecule has 0 amide bonds. The van der Waals surface area contributed by atoms with Crippen molar-refractivity contribution in [2.24, 2.45) is 0 Å². The molecule has 1 aromatic heterocycles. The quantitative estimate of drug-likeness (QED) is 0.624. The fourth-order valence-corrected chi connectivity index (χ4v) is 2.55. The Labute approximate surface area is 76.0 Å². The first-order chi connectivity index (χ1) is 4.34. The zero-order valence-electron chi connectivity index (χ0n) is 6.43. The molecule has 58 valence electrons. The van der Waals surface area contributed by atoms with E-state index in [-0.39, 0.29) is 17.0 Å². The smallest absolute Gasteiger partial charge is 0.147 e. The van der Waals surface area contributed by atoms with Crippen molar-refractivity contribution in [2.45, 2.75) is 26.0 Å². The van der Waals surface area contributed by atoms with E-state index in [4.69, 9.17) is 0 Å². The first kappa shape index (κ1) is 10.2. The van der Waals surface area contributed by atoms with E-state index in [2.05, 4.69) is 31.4 Å². The Kier molecular flexibility index (Phi) is 5.00. The van der Waals surface area contributed by atoms with E-state index in [1.807, 2.05) is 0 Å². The van der Waals surface area contributed by atoms with Gasteiger partial charge in [-0.1, -0.05) is 6.92 Å². The lowest BCUT2D eigenvalue weighted by Crippen LogP contribution is -3.00. The molecule has 0 aliphatic rings. The van der Waals surface area contributed by atoms with Crippen molar-refractivity contribution in [1.29, 1.82) is 0 Å². The molecule has 1 rings (SSSR count). The van der Waals surface area contributed by atoms with Crippen LogP contribution in [0.3, 0.4) is 0 Å². The lowest BCUT2D eigenvalue weighted by atomic mass is 10.5. The summed E-state index contributed by atoms with van der Waals surface area (Å²) in [5, 5.41) is 2.32. The highest BCUT2D eigenvalue weighted by atomic mass is 79.9. The van der Waals surface area contributed by atoms with Gasteiger partial charge in [-0.2, -0.15) is 0 Å². The van der Waals surface area contributed by atoms with Gasteiger partial charge in [-0.15, -0.1) is 0 Å². The fraction of sp³-hybridized carbons (Fsp3) is 0.500. The van der Waals surface area contributed by atoms with E-state index < -0.39 is 0 Å². The Balaban J connectivity index is 0.000000810. The molecule has 0 saturated carbocycles. The molecule has 0 nitrogen and oxygen atoms in total. The molecule has 0 aliphatic heterocycles. The lowest BCUT2D eigenvalue weighted by Gasteiger charge is -1.83. The summed E-state index contributed by atoms with van der Waals surface area (Å²) < 4.78 is 0. The molecule has 0 fully saturated rings. The second kappa shape index (κ2) is 4.91. The zero-order chi connectivity index (χ0) is 6.69. The van der Waals surface area contributed by atoms with Crippen LogP contribution in [-0.2, 0) is 5.75 Å². The highest BCUT2D eigenvalue weighted by Gasteiger charge is 2.04. The average molecular weight is 221 g/mol. The molecule has 0 saturated heterocycles. The number of hydrogen-bond donors (Lipinski definition) is 0. The summed E-state index contributed by atoms with van der Waals surface area (Å²) >= 11 is 0. The van der Waals surface area contributed by atoms with Crippen LogP contribution in [0.15, 0.2) is 17.5 Å². The Morgan fingerprint density at radius 3 is 2.60 bits per heavy atom. The maximum atomic E-state index is 2.32. The second-order valence-electron chi connectivity index (χ2n) is 2.24. The Bertz CT molecular complexity index is 181. The van der Waals surface area contributed by atoms with Gasteiger partial charge in [0.1, 0.15) is 16.0 Å². The van der Waals surface area contributed by atoms with Crippen molar-refractivity contribution < 1.29 is 17.0 Å². The van der Waals surface area contributed by atoms with E-state index in [9.17, 15) is 0 Å². The first-order valence-electron chi connectivity index (χ1n) is 3.39. The van der Waals surface area contributed by atoms with Crippen molar-refractivity contribution >= 4 is 10.5 Å². The SMILES string of the molecule is CCC[s+]1cccc1C.[Br-]. The fourth-order valence-electron chi connectivity index (χ4n) is 0.913. The van der Waals surface area contributed by atoms with Gasteiger partial charge in [0.2, 0.25) is 0 Å². The van der Waals surface area contributed by atoms with Crippen LogP contribution in [0.2, 0.25) is 0 Å². The van der Waals surface area contributed by atoms with Gasteiger partial charge in [0.05, 0.1) is 0 Å². The normalized spacial score (nSPS) is 10.8. The molecular formula is C8H13BrS. The third-order valence-corrected chi connectivity index (χ3v) is 3.71. The summed E-state index contributed by atoms with van der Waals surface area (Å²) in [5.74, 6) is 1.35. The first-order valence-corrected chi connectivity index (χ1v) is 4.85. The Hall–Kier alpha value is 0.180. The van der Waals surface area contributed by atoms with Gasteiger partial charge in [0.25, 0.3) is 0 Å². The molecule has 1 unspecified atom stereocenters. The molecule has 0 aliphatic carbocycles. The lowest BCUT2D eigenvalue weighted by molar-refractivity contribution is -0.00000198. The number of halogens is 1. The van der Waals surface area contributed by atoms with E-state index in [0.29, 0.717) is 10.5 Å². The molecular weight excluding hydrogens is 208 g/mol. The summed E-state index contributed by atoms with van der Waals surface area (Å²) in [5.41, 5.74) is 0. The van der Waals surface area contributed by atoms with Gasteiger partial charge in [-0.25, -0.2) is 0 Å². The van der Waals surface area contributed by atoms with Gasteiger partial charge in [0, 0.05) is 6.92 Å². The third-order valence-electron chi connectivity index (χ3n) is 1.41. The van der Waals surface area contributed by atoms with Crippen molar-refractivity contribution in [3.63, 3.8) is 0 Å². The second-order valence-corrected chi connectivity index (χ2v) is 4.42. The molecule has 0 radical (unpaired) electrons. The molecule has 0 N–H and O–H groups in total. The number of hydrogen-bond acceptors (Lipinski definition) is 0. The number of rotatable bonds is 2. The van der Waals surface area contributed by atoms with Crippen molar-refractivity contribution in [1.82, 2.24) is 0 Å². The molecule has 10 heavy (non-hydrogen) atoms. The van der Waals surface area contributed by atoms with E-state index in [1.165, 1.54) is 12.2 Å². The van der Waals surface area contributed by atoms with Gasteiger partial charge in [-0.05, 0) is 29.0 Å². The molecule has 0 aromatic carbocycles. The standard InChI is InChI=1S/C8H13S.BrH/c1-3-6-9-7-4-5-8(9)2;/h4-5,7H,3,6H2,1-2H3;1H/q+1;/p-1. The summed E-state index contributed by atoms with van der Waals surface area (Å²) in [6.07, 6.45) is 1.30. The summed E-state index contributed by atoms with van der Waals surface area (Å²) in [6.45, 7) is 4.46. The average Bonchev–Trinajstić information content (AvgIpc) is 2.18. The van der Waals surface area contributed by atoms with Gasteiger partial charge in [0.15, 0.2) is 0 Å². The number of aryl methyl sites for hydroxylation is 2. The predicted molar refractivity (Wildman–Crippen MR) is 43.9 cm³/mol. The zero-order valence-corrected chi connectivity index (χ0v) is 8.83. The van der Waals surface area contributed by atoms with E-state index in [1.54, 1.807) is 4.88 Å². The topological polar surface area (TPSA) is 0 Å². The summed E-state index contributed by atoms with van der Waals surface area (Å²) in [6, 6.07) is 4.40. The van der Waals surface area contributed by atoms with Gasteiger partial charge in [-0.3, -0.25) is 0 Å². The van der Waals surface area contributed by atoms with Crippen LogP contribution in [0.4, 0.5) is 0 Å². The third kappa shape index (κ3) is 2.43. The molecule has 0 spiro atoms. The maximum Gasteiger partial charge on any atom is 0.147 e. The molecule has 1 heterocycles. The minimum absolute atomic E-state index is 0. The van der Waals surface area contributed by atoms with Crippen LogP contribution < -0.4 is 17.0 Å². The monoisotopic (exact) mass is 220 g/mol. The Morgan fingerprint density at radius 1 is 1.50 bits per heavy atom. The summed E-state index contributed by atoms with van der Waals surface area (Å²) in [4.78, 5) is 1.55. The maximum absolute atomic E-state index is 2.32. The van der Waals surface area contributed by atoms with Crippen LogP contribution >= 0.6 is 10.5 Å². The Morgan fingerprint density at radius 2 is 2.20 bits per heavy atom. The molecule has 2 heteroatoms. The minimum Gasteiger partial charge on any atom is -1.00 e. The predicted octanol–water partition coefficient (Wildman–Crippen LogP) is 0.158. The van der Waals surface area contributed by atoms with Crippen LogP contribution in [0, 0.1) is 6.92 Å². The van der Waals surface area contributed by atoms with E-state index >= 15 is 0 Å². The van der Waals surface area contributed by atoms with Crippen molar-refractivity contribution in [3.8, 4) is 0 Å². The van der Waals surface area contributed by atoms with Crippen LogP contribution in [0.5, 0.6) is 0 Å². The van der Waals surface area contributed by atoms with E-state index in [0.717, 1.165) is 0 Å².